The van der Waals surface area contributed by atoms with E-state index in [1.54, 1.807) is 7.05 Å². The topological polar surface area (TPSA) is 105 Å². The first-order valence-electron chi connectivity index (χ1n) is 6.90. The minimum Gasteiger partial charge on any atom is -0.396 e. The number of nitrogens with one attached hydrogen (secondary N) is 2. The molecule has 2 aromatic heterocycles. The summed E-state index contributed by atoms with van der Waals surface area (Å²) in [7, 11) is 3.00. The fourth-order valence-electron chi connectivity index (χ4n) is 2.28. The average molecular weight is 295 g/mol. The number of aryl methyl sites for hydroxylation is 1. The maximum absolute atomic E-state index is 12.1. The van der Waals surface area contributed by atoms with Gasteiger partial charge in [-0.05, 0) is 12.3 Å². The molecule has 3 N–H and O–H groups in total. The molecule has 0 fully saturated rings. The molecule has 8 nitrogen and oxygen atoms in total. The Labute approximate surface area is 121 Å². The van der Waals surface area contributed by atoms with Crippen molar-refractivity contribution < 1.29 is 5.11 Å². The lowest BCUT2D eigenvalue weighted by Crippen LogP contribution is -2.36. The first-order chi connectivity index (χ1) is 9.86. The summed E-state index contributed by atoms with van der Waals surface area (Å²) in [6, 6.07) is 0.0245. The van der Waals surface area contributed by atoms with Crippen molar-refractivity contribution >= 4 is 17.1 Å². The van der Waals surface area contributed by atoms with Crippen molar-refractivity contribution in [2.45, 2.75) is 26.3 Å². The summed E-state index contributed by atoms with van der Waals surface area (Å²) in [5, 5.41) is 12.3. The quantitative estimate of drug-likeness (QED) is 0.707. The van der Waals surface area contributed by atoms with Crippen molar-refractivity contribution in [3.8, 4) is 0 Å². The van der Waals surface area contributed by atoms with Crippen molar-refractivity contribution in [2.75, 3.05) is 11.9 Å². The number of fused-ring (bicyclic) bond motifs is 1. The Kier molecular flexibility index (Phi) is 4.17. The van der Waals surface area contributed by atoms with Crippen LogP contribution < -0.4 is 16.6 Å². The molecular weight excluding hydrogens is 274 g/mol. The number of rotatable bonds is 5. The highest BCUT2D eigenvalue weighted by Gasteiger charge is 2.17. The lowest BCUT2D eigenvalue weighted by molar-refractivity contribution is 0.267. The highest BCUT2D eigenvalue weighted by molar-refractivity contribution is 5.72. The Morgan fingerprint density at radius 2 is 1.95 bits per heavy atom. The van der Waals surface area contributed by atoms with E-state index < -0.39 is 11.2 Å². The van der Waals surface area contributed by atoms with Gasteiger partial charge in [0.1, 0.15) is 0 Å². The minimum atomic E-state index is -0.415. The van der Waals surface area contributed by atoms with E-state index in [2.05, 4.69) is 15.3 Å². The molecule has 2 heterocycles. The van der Waals surface area contributed by atoms with Crippen LogP contribution in [0.2, 0.25) is 0 Å². The molecule has 0 radical (unpaired) electrons. The van der Waals surface area contributed by atoms with Crippen molar-refractivity contribution in [1.29, 1.82) is 0 Å². The second-order valence-corrected chi connectivity index (χ2v) is 5.50. The van der Waals surface area contributed by atoms with Gasteiger partial charge in [0, 0.05) is 26.7 Å². The van der Waals surface area contributed by atoms with Gasteiger partial charge in [0.05, 0.1) is 0 Å². The number of imidazole rings is 1. The van der Waals surface area contributed by atoms with Crippen LogP contribution in [0, 0.1) is 5.92 Å². The van der Waals surface area contributed by atoms with Crippen LogP contribution in [0.4, 0.5) is 5.95 Å². The standard InChI is InChI=1S/C13H21N5O3/c1-7(2)8(5-6-19)14-12-15-9-10(16-12)17(3)13(21)18(4)11(9)20/h7-8,19H,5-6H2,1-4H3,(H2,14,15,16). The molecule has 0 bridgehead atoms. The zero-order valence-electron chi connectivity index (χ0n) is 12.7. The average Bonchev–Trinajstić information content (AvgIpc) is 2.86. The Balaban J connectivity index is 2.49. The number of anilines is 1. The smallest absolute Gasteiger partial charge is 0.332 e. The lowest BCUT2D eigenvalue weighted by Gasteiger charge is -2.20. The van der Waals surface area contributed by atoms with Crippen LogP contribution in [0.5, 0.6) is 0 Å². The second-order valence-electron chi connectivity index (χ2n) is 5.50. The van der Waals surface area contributed by atoms with Gasteiger partial charge in [-0.2, -0.15) is 4.98 Å². The van der Waals surface area contributed by atoms with E-state index in [9.17, 15) is 9.59 Å². The van der Waals surface area contributed by atoms with Crippen LogP contribution in [-0.4, -0.2) is 36.9 Å². The maximum Gasteiger partial charge on any atom is 0.332 e. The van der Waals surface area contributed by atoms with Crippen LogP contribution in [0.3, 0.4) is 0 Å². The van der Waals surface area contributed by atoms with E-state index in [0.29, 0.717) is 18.0 Å². The molecule has 0 saturated heterocycles. The van der Waals surface area contributed by atoms with E-state index >= 15 is 0 Å². The van der Waals surface area contributed by atoms with E-state index in [0.717, 1.165) is 4.57 Å². The van der Waals surface area contributed by atoms with Gasteiger partial charge in [0.2, 0.25) is 5.95 Å². The zero-order valence-corrected chi connectivity index (χ0v) is 12.7. The summed E-state index contributed by atoms with van der Waals surface area (Å²) >= 11 is 0. The highest BCUT2D eigenvalue weighted by atomic mass is 16.3. The number of nitrogens with zero attached hydrogens (tertiary/aromatic N) is 3. The van der Waals surface area contributed by atoms with Crippen LogP contribution in [0.15, 0.2) is 9.59 Å². The number of hydrogen-bond donors (Lipinski definition) is 3. The van der Waals surface area contributed by atoms with Crippen molar-refractivity contribution in [2.24, 2.45) is 20.0 Å². The summed E-state index contributed by atoms with van der Waals surface area (Å²) in [4.78, 5) is 31.1. The molecule has 0 spiro atoms. The third-order valence-corrected chi connectivity index (χ3v) is 3.66. The van der Waals surface area contributed by atoms with Gasteiger partial charge in [0.15, 0.2) is 11.2 Å². The van der Waals surface area contributed by atoms with Crippen molar-refractivity contribution in [3.05, 3.63) is 20.8 Å². The molecule has 0 saturated carbocycles. The van der Waals surface area contributed by atoms with Crippen LogP contribution in [-0.2, 0) is 14.1 Å². The van der Waals surface area contributed by atoms with Gasteiger partial charge in [-0.1, -0.05) is 13.8 Å². The molecule has 0 aliphatic rings. The van der Waals surface area contributed by atoms with Gasteiger partial charge in [-0.15, -0.1) is 0 Å². The first-order valence-corrected chi connectivity index (χ1v) is 6.90. The summed E-state index contributed by atoms with van der Waals surface area (Å²) in [6.07, 6.45) is 0.575. The molecule has 1 atom stereocenters. The fourth-order valence-corrected chi connectivity index (χ4v) is 2.28. The van der Waals surface area contributed by atoms with E-state index in [-0.39, 0.29) is 24.1 Å². The second kappa shape index (κ2) is 5.72. The first kappa shape index (κ1) is 15.3. The van der Waals surface area contributed by atoms with E-state index in [4.69, 9.17) is 5.11 Å². The number of aromatic nitrogens is 4. The van der Waals surface area contributed by atoms with Gasteiger partial charge in [-0.3, -0.25) is 13.9 Å². The molecule has 116 valence electrons. The molecule has 2 aromatic rings. The number of aliphatic hydroxyl groups is 1. The molecule has 21 heavy (non-hydrogen) atoms. The van der Waals surface area contributed by atoms with Crippen LogP contribution in [0.25, 0.3) is 11.2 Å². The van der Waals surface area contributed by atoms with Crippen molar-refractivity contribution in [3.63, 3.8) is 0 Å². The number of H-pyrrole nitrogens is 1. The Morgan fingerprint density at radius 1 is 1.29 bits per heavy atom. The van der Waals surface area contributed by atoms with Crippen LogP contribution in [0.1, 0.15) is 20.3 Å². The molecule has 0 aliphatic carbocycles. The van der Waals surface area contributed by atoms with E-state index in [1.165, 1.54) is 11.6 Å². The van der Waals surface area contributed by atoms with Crippen LogP contribution >= 0.6 is 0 Å². The van der Waals surface area contributed by atoms with Gasteiger partial charge in [-0.25, -0.2) is 4.79 Å². The molecule has 8 heteroatoms. The summed E-state index contributed by atoms with van der Waals surface area (Å²) < 4.78 is 2.37. The molecule has 0 aliphatic heterocycles. The van der Waals surface area contributed by atoms with E-state index in [1.807, 2.05) is 13.8 Å². The lowest BCUT2D eigenvalue weighted by atomic mass is 10.0. The third kappa shape index (κ3) is 2.71. The van der Waals surface area contributed by atoms with Gasteiger partial charge in [0.25, 0.3) is 5.56 Å². The molecule has 2 rings (SSSR count). The summed E-state index contributed by atoms with van der Waals surface area (Å²) in [5.74, 6) is 0.715. The minimum absolute atomic E-state index is 0.0245. The predicted molar refractivity (Wildman–Crippen MR) is 80.5 cm³/mol. The SMILES string of the molecule is CC(C)C(CCO)Nc1nc2c([nH]1)c(=O)n(C)c(=O)n2C. The number of hydrogen-bond acceptors (Lipinski definition) is 5. The number of aromatic amines is 1. The maximum atomic E-state index is 12.1. The van der Waals surface area contributed by atoms with Gasteiger partial charge < -0.3 is 15.4 Å². The molecule has 0 aromatic carbocycles. The van der Waals surface area contributed by atoms with Gasteiger partial charge >= 0.3 is 5.69 Å². The third-order valence-electron chi connectivity index (χ3n) is 3.66. The van der Waals surface area contributed by atoms with Crippen molar-refractivity contribution in [1.82, 2.24) is 19.1 Å². The molecular formula is C13H21N5O3. The number of aliphatic hydroxyl groups excluding tert-OH is 1. The normalized spacial score (nSPS) is 13.0. The highest BCUT2D eigenvalue weighted by Crippen LogP contribution is 2.14. The molecule has 1 unspecified atom stereocenters. The summed E-state index contributed by atoms with van der Waals surface area (Å²) in [6.45, 7) is 4.13. The Hall–Kier alpha value is -2.09. The summed E-state index contributed by atoms with van der Waals surface area (Å²) in [5.41, 5.74) is -0.219. The molecule has 0 amide bonds. The zero-order chi connectivity index (χ0) is 15.7. The Bertz CT molecular complexity index is 755. The monoisotopic (exact) mass is 295 g/mol. The Morgan fingerprint density at radius 3 is 2.52 bits per heavy atom. The fraction of sp³-hybridized carbons (Fsp3) is 0.615. The largest absolute Gasteiger partial charge is 0.396 e. The predicted octanol–water partition coefficient (Wildman–Crippen LogP) is -0.221.